The van der Waals surface area contributed by atoms with E-state index in [1.54, 1.807) is 77.9 Å². The van der Waals surface area contributed by atoms with Gasteiger partial charge >= 0.3 is 45.0 Å². The van der Waals surface area contributed by atoms with Crippen molar-refractivity contribution in [3.8, 4) is 17.2 Å². The molecule has 7 rings (SSSR count). The number of esters is 4. The number of carbonyl (C=O) groups excluding carboxylic acids is 7. The molecule has 9 N–H and O–H groups in total. The first kappa shape index (κ1) is 86.0. The number of hydrogen-bond acceptors (Lipinski definition) is 30. The second kappa shape index (κ2) is 43.9. The molecule has 532 valence electrons. The second-order valence-corrected chi connectivity index (χ2v) is 25.0. The molecule has 4 aromatic carbocycles. The summed E-state index contributed by atoms with van der Waals surface area (Å²) in [7, 11) is 0. The van der Waals surface area contributed by atoms with Gasteiger partial charge in [0.05, 0.1) is 32.5 Å². The minimum absolute atomic E-state index is 0. The van der Waals surface area contributed by atoms with Gasteiger partial charge in [-0.05, 0) is 138 Å². The molecular weight excluding hydrogens is 1440 g/mol. The van der Waals surface area contributed by atoms with Crippen molar-refractivity contribution in [3.05, 3.63) is 174 Å². The normalized spacial score (nSPS) is 10.3. The van der Waals surface area contributed by atoms with Crippen LogP contribution in [0.4, 0.5) is 35.2 Å². The molecule has 0 unspecified atom stereocenters. The Morgan fingerprint density at radius 1 is 0.571 bits per heavy atom. The van der Waals surface area contributed by atoms with Gasteiger partial charge in [0.25, 0.3) is 11.8 Å². The number of para-hydroxylation sites is 3. The number of alkyl carbamates (subject to hydrolysis) is 1. The predicted molar refractivity (Wildman–Crippen MR) is 368 cm³/mol. The summed E-state index contributed by atoms with van der Waals surface area (Å²) in [6, 6.07) is 28.3. The zero-order valence-corrected chi connectivity index (χ0v) is 59.0. The number of anilines is 3. The number of rotatable bonds is 21. The van der Waals surface area contributed by atoms with E-state index in [4.69, 9.17) is 49.7 Å². The van der Waals surface area contributed by atoms with Crippen LogP contribution in [-0.4, -0.2) is 143 Å². The summed E-state index contributed by atoms with van der Waals surface area (Å²) in [6.45, 7) is 16.0. The van der Waals surface area contributed by atoms with Crippen molar-refractivity contribution in [1.82, 2.24) is 20.3 Å². The van der Waals surface area contributed by atoms with E-state index in [2.05, 4.69) is 46.8 Å². The quantitative estimate of drug-likeness (QED) is 0.0116. The summed E-state index contributed by atoms with van der Waals surface area (Å²) >= 11 is 5.32. The first-order valence-corrected chi connectivity index (χ1v) is 31.7. The van der Waals surface area contributed by atoms with E-state index in [0.29, 0.717) is 0 Å². The summed E-state index contributed by atoms with van der Waals surface area (Å²) in [4.78, 5) is 121. The van der Waals surface area contributed by atoms with Crippen LogP contribution in [0.15, 0.2) is 122 Å². The second-order valence-electron chi connectivity index (χ2n) is 21.3. The number of nitrogens with zero attached hydrogens (tertiary/aromatic N) is 6. The van der Waals surface area contributed by atoms with Crippen molar-refractivity contribution in [2.75, 3.05) is 61.2 Å². The number of alkyl halides is 1. The highest BCUT2D eigenvalue weighted by molar-refractivity contribution is 9.09. The van der Waals surface area contributed by atoms with Crippen molar-refractivity contribution in [3.63, 3.8) is 0 Å². The number of amides is 3. The third kappa shape index (κ3) is 36.7. The maximum absolute atomic E-state index is 12.4. The van der Waals surface area contributed by atoms with E-state index in [9.17, 15) is 69.0 Å². The molecule has 0 atom stereocenters. The standard InChI is InChI=1S/C16H17N3O6S.C14H14N4O6S.C14H12O3.C7H15NO3.C6H11BrO2.C3H3N3O2S.ClH/c1-16(2,3)25-13(20)9-24-11-7-5-4-6-10(11)14(21)18-15-17-8-12(26-15)19(22)23;15-5-6-23-12(19)8-24-10-4-2-1-3-9(10)13(20)17-14-16-7-11(25-14)18(21)22;15-13-9-5-4-8-12(13)14(16)17-10-11-6-2-1-3-7-11;1-7(2,3)11-6(10)8-4-5-9;1-6(2,3)9-5(8)4-7;4-3-5-1-2(9-3)6(7)8;/h4-8H,9H2,1-3H3,(H,17,18,21);1-4,7H,5-6,8,15H2,(H,16,17,20);1-9,15H,10H2;9H,4-5H2,1-3H3,(H,8,10);4H2,1-3H3;1H,(H2,4,5);1H. The number of halogens is 2. The highest BCUT2D eigenvalue weighted by Gasteiger charge is 2.22. The van der Waals surface area contributed by atoms with E-state index >= 15 is 0 Å². The Morgan fingerprint density at radius 2 is 0.990 bits per heavy atom. The van der Waals surface area contributed by atoms with Crippen LogP contribution in [-0.2, 0) is 44.7 Å². The summed E-state index contributed by atoms with van der Waals surface area (Å²) in [5.74, 6) is -2.78. The smallest absolute Gasteiger partial charge is 0.407 e. The summed E-state index contributed by atoms with van der Waals surface area (Å²) in [5.41, 5.74) is 10.3. The highest BCUT2D eigenvalue weighted by atomic mass is 79.9. The Balaban J connectivity index is 0.000000617. The summed E-state index contributed by atoms with van der Waals surface area (Å²) in [6.07, 6.45) is 2.76. The molecular formula is C60H73BrClN11O22S3. The molecule has 98 heavy (non-hydrogen) atoms. The van der Waals surface area contributed by atoms with Gasteiger partial charge in [-0.1, -0.05) is 82.7 Å². The van der Waals surface area contributed by atoms with Gasteiger partial charge in [0.1, 0.15) is 76.7 Å². The number of hydrogen-bond donors (Lipinski definition) is 7. The number of phenolic OH excluding ortho intramolecular Hbond substituents is 1. The van der Waals surface area contributed by atoms with Gasteiger partial charge in [-0.15, -0.1) is 12.4 Å². The van der Waals surface area contributed by atoms with Crippen LogP contribution in [0.2, 0.25) is 0 Å². The Kier molecular flexibility index (Phi) is 38.5. The lowest BCUT2D eigenvalue weighted by Crippen LogP contribution is -2.33. The number of carbonyl (C=O) groups is 7. The largest absolute Gasteiger partial charge is 0.507 e. The number of phenols is 1. The number of ether oxygens (including phenoxy) is 7. The summed E-state index contributed by atoms with van der Waals surface area (Å²) in [5, 5.41) is 56.6. The molecule has 7 aromatic rings. The van der Waals surface area contributed by atoms with Crippen LogP contribution in [0.25, 0.3) is 0 Å². The minimum atomic E-state index is -0.642. The number of aromatic hydroxyl groups is 1. The molecule has 0 aliphatic heterocycles. The average molecular weight is 1510 g/mol. The first-order valence-electron chi connectivity index (χ1n) is 28.1. The van der Waals surface area contributed by atoms with Crippen LogP contribution in [0, 0.1) is 30.3 Å². The van der Waals surface area contributed by atoms with Gasteiger partial charge in [0.15, 0.2) is 28.6 Å². The number of nitro groups is 3. The third-order valence-corrected chi connectivity index (χ3v) is 12.8. The fourth-order valence-electron chi connectivity index (χ4n) is 6.21. The Bertz CT molecular complexity index is 3710. The van der Waals surface area contributed by atoms with Gasteiger partial charge in [-0.3, -0.25) is 55.4 Å². The Hall–Kier alpha value is -10.1. The van der Waals surface area contributed by atoms with Crippen LogP contribution in [0.5, 0.6) is 17.2 Å². The van der Waals surface area contributed by atoms with Crippen LogP contribution in [0.1, 0.15) is 99.0 Å². The van der Waals surface area contributed by atoms with Crippen molar-refractivity contribution >= 4 is 135 Å². The van der Waals surface area contributed by atoms with E-state index < -0.39 is 61.8 Å². The van der Waals surface area contributed by atoms with E-state index in [-0.39, 0.29) is 140 Å². The highest BCUT2D eigenvalue weighted by Crippen LogP contribution is 2.29. The number of aromatic nitrogens is 3. The topological polar surface area (TPSA) is 481 Å². The van der Waals surface area contributed by atoms with Crippen LogP contribution >= 0.6 is 62.3 Å². The van der Waals surface area contributed by atoms with Gasteiger partial charge < -0.3 is 60.2 Å². The number of benzene rings is 4. The number of thiazole rings is 3. The molecule has 3 aromatic heterocycles. The van der Waals surface area contributed by atoms with Crippen LogP contribution in [0.3, 0.4) is 0 Å². The number of aliphatic hydroxyl groups excluding tert-OH is 1. The van der Waals surface area contributed by atoms with E-state index in [0.717, 1.165) is 58.2 Å². The SMILES string of the molecule is CC(C)(C)OC(=O)CBr.CC(C)(C)OC(=O)COc1ccccc1C(=O)Nc1ncc([N+](=O)[O-])s1.CC(C)(C)OC(=O)NCCO.Cl.NCCOC(=O)COc1ccccc1C(=O)Nc1ncc([N+](=O)[O-])s1.Nc1ncc([N+](=O)[O-])s1.O=C(OCc1ccccc1)c1ccccc1O. The molecule has 0 saturated heterocycles. The molecule has 0 radical (unpaired) electrons. The Labute approximate surface area is 587 Å². The fourth-order valence-corrected chi connectivity index (χ4v) is 8.08. The Morgan fingerprint density at radius 3 is 1.38 bits per heavy atom. The molecule has 0 aliphatic rings. The number of nitrogens with one attached hydrogen (secondary N) is 3. The first-order chi connectivity index (χ1) is 45.5. The maximum atomic E-state index is 12.4. The van der Waals surface area contributed by atoms with Crippen molar-refractivity contribution in [2.45, 2.75) is 85.7 Å². The molecule has 0 aliphatic carbocycles. The molecule has 0 saturated carbocycles. The van der Waals surface area contributed by atoms with Gasteiger partial charge in [-0.25, -0.2) is 34.1 Å². The van der Waals surface area contributed by atoms with Crippen molar-refractivity contribution in [2.24, 2.45) is 5.73 Å². The van der Waals surface area contributed by atoms with Crippen molar-refractivity contribution in [1.29, 1.82) is 0 Å². The van der Waals surface area contributed by atoms with E-state index in [1.807, 2.05) is 51.1 Å². The minimum Gasteiger partial charge on any atom is -0.507 e. The van der Waals surface area contributed by atoms with Gasteiger partial charge in [0.2, 0.25) is 0 Å². The van der Waals surface area contributed by atoms with Crippen molar-refractivity contribution < 1.29 is 91.7 Å². The molecule has 3 amide bonds. The number of nitrogens with two attached hydrogens (primary N) is 2. The molecule has 0 fully saturated rings. The maximum Gasteiger partial charge on any atom is 0.407 e. The zero-order valence-electron chi connectivity index (χ0n) is 54.1. The fraction of sp³-hybridized carbons (Fsp3) is 0.333. The van der Waals surface area contributed by atoms with Crippen LogP contribution < -0.4 is 36.9 Å². The molecule has 0 spiro atoms. The monoisotopic (exact) mass is 1510 g/mol. The number of aliphatic hydroxyl groups is 1. The average Bonchev–Trinajstić information content (AvgIpc) is 1.38. The summed E-state index contributed by atoms with van der Waals surface area (Å²) < 4.78 is 35.5. The third-order valence-electron chi connectivity index (χ3n) is 9.88. The zero-order chi connectivity index (χ0) is 72.9. The van der Waals surface area contributed by atoms with E-state index in [1.165, 1.54) is 36.4 Å². The molecule has 38 heteroatoms. The lowest BCUT2D eigenvalue weighted by Gasteiger charge is -2.19. The lowest BCUT2D eigenvalue weighted by atomic mass is 10.2. The lowest BCUT2D eigenvalue weighted by molar-refractivity contribution is -0.380. The number of nitrogen functional groups attached to an aromatic ring is 1. The molecule has 3 heterocycles. The van der Waals surface area contributed by atoms with Gasteiger partial charge in [-0.2, -0.15) is 0 Å². The molecule has 33 nitrogen and oxygen atoms in total. The van der Waals surface area contributed by atoms with Gasteiger partial charge in [0, 0.05) is 13.1 Å². The predicted octanol–water partition coefficient (Wildman–Crippen LogP) is 10.2. The molecule has 0 bridgehead atoms.